The Bertz CT molecular complexity index is 177. The number of rotatable bonds is 5. The molecule has 1 heterocycles. The van der Waals surface area contributed by atoms with E-state index in [4.69, 9.17) is 0 Å². The summed E-state index contributed by atoms with van der Waals surface area (Å²) < 4.78 is 0. The van der Waals surface area contributed by atoms with Gasteiger partial charge < -0.3 is 10.2 Å². The van der Waals surface area contributed by atoms with Crippen molar-refractivity contribution >= 4 is 0 Å². The van der Waals surface area contributed by atoms with Gasteiger partial charge in [-0.3, -0.25) is 0 Å². The summed E-state index contributed by atoms with van der Waals surface area (Å²) >= 11 is 0. The third kappa shape index (κ3) is 4.25. The Kier molecular flexibility index (Phi) is 5.20. The van der Waals surface area contributed by atoms with Crippen molar-refractivity contribution in [2.75, 3.05) is 33.2 Å². The maximum Gasteiger partial charge on any atom is 0.0161 e. The van der Waals surface area contributed by atoms with Crippen LogP contribution in [-0.2, 0) is 0 Å². The molecule has 82 valence electrons. The first-order valence-electron chi connectivity index (χ1n) is 5.78. The van der Waals surface area contributed by atoms with Crippen LogP contribution < -0.4 is 5.32 Å². The molecular weight excluding hydrogens is 172 g/mol. The summed E-state index contributed by atoms with van der Waals surface area (Å²) in [5.74, 6) is 0.846. The third-order valence-electron chi connectivity index (χ3n) is 3.03. The predicted molar refractivity (Wildman–Crippen MR) is 62.5 cm³/mol. The molecular formula is C12H24N2. The third-order valence-corrected chi connectivity index (χ3v) is 3.03. The zero-order valence-electron chi connectivity index (χ0n) is 9.68. The smallest absolute Gasteiger partial charge is 0.0161 e. The molecule has 0 aromatic carbocycles. The first-order chi connectivity index (χ1) is 6.72. The van der Waals surface area contributed by atoms with Crippen molar-refractivity contribution < 1.29 is 0 Å². The quantitative estimate of drug-likeness (QED) is 0.675. The molecule has 0 radical (unpaired) electrons. The van der Waals surface area contributed by atoms with Crippen LogP contribution in [0.5, 0.6) is 0 Å². The van der Waals surface area contributed by atoms with Crippen molar-refractivity contribution in [1.29, 1.82) is 0 Å². The Labute approximate surface area is 88.4 Å². The lowest BCUT2D eigenvalue weighted by molar-refractivity contribution is 0.207. The summed E-state index contributed by atoms with van der Waals surface area (Å²) in [4.78, 5) is 2.44. The molecule has 0 bridgehead atoms. The summed E-state index contributed by atoms with van der Waals surface area (Å²) in [7, 11) is 2.22. The van der Waals surface area contributed by atoms with Crippen molar-refractivity contribution in [2.45, 2.75) is 26.2 Å². The molecule has 1 N–H and O–H groups in total. The van der Waals surface area contributed by atoms with Gasteiger partial charge in [0.15, 0.2) is 0 Å². The van der Waals surface area contributed by atoms with Crippen molar-refractivity contribution in [2.24, 2.45) is 5.92 Å². The maximum atomic E-state index is 4.00. The first-order valence-corrected chi connectivity index (χ1v) is 5.78. The second kappa shape index (κ2) is 6.20. The van der Waals surface area contributed by atoms with E-state index in [0.29, 0.717) is 0 Å². The minimum atomic E-state index is 0.846. The highest BCUT2D eigenvalue weighted by atomic mass is 15.1. The molecule has 1 aliphatic rings. The summed E-state index contributed by atoms with van der Waals surface area (Å²) in [6.45, 7) is 10.8. The van der Waals surface area contributed by atoms with E-state index in [1.54, 1.807) is 0 Å². The van der Waals surface area contributed by atoms with Gasteiger partial charge in [0, 0.05) is 13.1 Å². The van der Waals surface area contributed by atoms with Gasteiger partial charge in [-0.2, -0.15) is 0 Å². The van der Waals surface area contributed by atoms with Crippen LogP contribution in [-0.4, -0.2) is 38.1 Å². The number of piperidine rings is 1. The SMILES string of the molecule is C=C(CC)CNCC1CCCN(C)C1. The zero-order valence-corrected chi connectivity index (χ0v) is 9.68. The van der Waals surface area contributed by atoms with Gasteiger partial charge in [0.25, 0.3) is 0 Å². The normalized spacial score (nSPS) is 23.7. The van der Waals surface area contributed by atoms with Crippen molar-refractivity contribution in [3.8, 4) is 0 Å². The lowest BCUT2D eigenvalue weighted by Gasteiger charge is -2.29. The van der Waals surface area contributed by atoms with Crippen LogP contribution in [0.3, 0.4) is 0 Å². The molecule has 0 spiro atoms. The molecule has 0 aromatic heterocycles. The van der Waals surface area contributed by atoms with E-state index in [1.807, 2.05) is 0 Å². The predicted octanol–water partition coefficient (Wildman–Crippen LogP) is 1.88. The van der Waals surface area contributed by atoms with Gasteiger partial charge in [-0.25, -0.2) is 0 Å². The van der Waals surface area contributed by atoms with E-state index in [9.17, 15) is 0 Å². The molecule has 1 saturated heterocycles. The number of nitrogens with zero attached hydrogens (tertiary/aromatic N) is 1. The molecule has 1 unspecified atom stereocenters. The van der Waals surface area contributed by atoms with Crippen LogP contribution in [0.25, 0.3) is 0 Å². The Morgan fingerprint density at radius 3 is 3.00 bits per heavy atom. The molecule has 0 saturated carbocycles. The standard InChI is InChI=1S/C12H24N2/c1-4-11(2)8-13-9-12-6-5-7-14(3)10-12/h12-13H,2,4-10H2,1,3H3. The van der Waals surface area contributed by atoms with Gasteiger partial charge in [0.05, 0.1) is 0 Å². The lowest BCUT2D eigenvalue weighted by atomic mass is 9.98. The maximum absolute atomic E-state index is 4.00. The fraction of sp³-hybridized carbons (Fsp3) is 0.833. The lowest BCUT2D eigenvalue weighted by Crippen LogP contribution is -2.37. The Balaban J connectivity index is 2.08. The van der Waals surface area contributed by atoms with Crippen LogP contribution in [0.2, 0.25) is 0 Å². The van der Waals surface area contributed by atoms with Gasteiger partial charge in [-0.15, -0.1) is 0 Å². The fourth-order valence-electron chi connectivity index (χ4n) is 2.02. The highest BCUT2D eigenvalue weighted by molar-refractivity contribution is 4.95. The van der Waals surface area contributed by atoms with Gasteiger partial charge in [0.2, 0.25) is 0 Å². The van der Waals surface area contributed by atoms with E-state index in [2.05, 4.69) is 30.8 Å². The highest BCUT2D eigenvalue weighted by Crippen LogP contribution is 2.13. The number of hydrogen-bond acceptors (Lipinski definition) is 2. The molecule has 0 amide bonds. The number of nitrogens with one attached hydrogen (secondary N) is 1. The molecule has 1 rings (SSSR count). The second-order valence-electron chi connectivity index (χ2n) is 4.50. The molecule has 0 aliphatic carbocycles. The minimum Gasteiger partial charge on any atom is -0.313 e. The van der Waals surface area contributed by atoms with Crippen LogP contribution in [0.1, 0.15) is 26.2 Å². The average molecular weight is 196 g/mol. The summed E-state index contributed by atoms with van der Waals surface area (Å²) in [6, 6.07) is 0. The topological polar surface area (TPSA) is 15.3 Å². The summed E-state index contributed by atoms with van der Waals surface area (Å²) in [5, 5.41) is 3.50. The van der Waals surface area contributed by atoms with Crippen molar-refractivity contribution in [1.82, 2.24) is 10.2 Å². The highest BCUT2D eigenvalue weighted by Gasteiger charge is 2.16. The average Bonchev–Trinajstić information content (AvgIpc) is 2.17. The first kappa shape index (κ1) is 11.7. The van der Waals surface area contributed by atoms with E-state index in [-0.39, 0.29) is 0 Å². The van der Waals surface area contributed by atoms with E-state index < -0.39 is 0 Å². The van der Waals surface area contributed by atoms with Crippen LogP contribution >= 0.6 is 0 Å². The Hall–Kier alpha value is -0.340. The van der Waals surface area contributed by atoms with E-state index in [0.717, 1.165) is 25.4 Å². The molecule has 2 nitrogen and oxygen atoms in total. The van der Waals surface area contributed by atoms with Crippen LogP contribution in [0.15, 0.2) is 12.2 Å². The van der Waals surface area contributed by atoms with Gasteiger partial charge in [-0.05, 0) is 45.3 Å². The Morgan fingerprint density at radius 2 is 2.36 bits per heavy atom. The molecule has 1 aliphatic heterocycles. The van der Waals surface area contributed by atoms with Crippen molar-refractivity contribution in [3.63, 3.8) is 0 Å². The molecule has 1 fully saturated rings. The zero-order chi connectivity index (χ0) is 10.4. The van der Waals surface area contributed by atoms with Gasteiger partial charge in [0.1, 0.15) is 0 Å². The van der Waals surface area contributed by atoms with Crippen LogP contribution in [0.4, 0.5) is 0 Å². The van der Waals surface area contributed by atoms with E-state index in [1.165, 1.54) is 31.5 Å². The Morgan fingerprint density at radius 1 is 1.57 bits per heavy atom. The van der Waals surface area contributed by atoms with Gasteiger partial charge in [-0.1, -0.05) is 19.1 Å². The summed E-state index contributed by atoms with van der Waals surface area (Å²) in [6.07, 6.45) is 3.84. The fourth-order valence-corrected chi connectivity index (χ4v) is 2.02. The molecule has 1 atom stereocenters. The largest absolute Gasteiger partial charge is 0.313 e. The number of likely N-dealkylation sites (tertiary alicyclic amines) is 1. The van der Waals surface area contributed by atoms with Gasteiger partial charge >= 0.3 is 0 Å². The number of hydrogen-bond donors (Lipinski definition) is 1. The monoisotopic (exact) mass is 196 g/mol. The second-order valence-corrected chi connectivity index (χ2v) is 4.50. The molecule has 14 heavy (non-hydrogen) atoms. The molecule has 2 heteroatoms. The van der Waals surface area contributed by atoms with Crippen LogP contribution in [0, 0.1) is 5.92 Å². The van der Waals surface area contributed by atoms with Crippen molar-refractivity contribution in [3.05, 3.63) is 12.2 Å². The summed E-state index contributed by atoms with van der Waals surface area (Å²) in [5.41, 5.74) is 1.31. The minimum absolute atomic E-state index is 0.846. The van der Waals surface area contributed by atoms with E-state index >= 15 is 0 Å². The molecule has 0 aromatic rings.